The zero-order chi connectivity index (χ0) is 14.6. The number of rotatable bonds is 5. The minimum atomic E-state index is -4.34. The van der Waals surface area contributed by atoms with Crippen LogP contribution in [0.3, 0.4) is 0 Å². The second-order valence-corrected chi connectivity index (χ2v) is 5.40. The van der Waals surface area contributed by atoms with E-state index in [-0.39, 0.29) is 11.8 Å². The minimum Gasteiger partial charge on any atom is -0.484 e. The molecule has 0 amide bonds. The monoisotopic (exact) mass is 339 g/mol. The van der Waals surface area contributed by atoms with E-state index >= 15 is 0 Å². The number of ether oxygens (including phenoxy) is 1. The van der Waals surface area contributed by atoms with Crippen molar-refractivity contribution in [3.63, 3.8) is 0 Å². The van der Waals surface area contributed by atoms with Crippen molar-refractivity contribution in [3.05, 3.63) is 27.7 Å². The summed E-state index contributed by atoms with van der Waals surface area (Å²) in [5.74, 6) is 0.282. The van der Waals surface area contributed by atoms with E-state index in [0.29, 0.717) is 17.5 Å². The van der Waals surface area contributed by atoms with Crippen molar-refractivity contribution in [3.8, 4) is 5.75 Å². The first-order valence-electron chi connectivity index (χ1n) is 5.97. The molecule has 108 valence electrons. The fraction of sp³-hybridized carbons (Fsp3) is 0.538. The predicted molar refractivity (Wildman–Crippen MR) is 72.4 cm³/mol. The maximum absolute atomic E-state index is 12.3. The lowest BCUT2D eigenvalue weighted by Crippen LogP contribution is -2.23. The summed E-state index contributed by atoms with van der Waals surface area (Å²) in [4.78, 5) is 0. The van der Waals surface area contributed by atoms with E-state index in [1.165, 1.54) is 0 Å². The van der Waals surface area contributed by atoms with Gasteiger partial charge in [-0.25, -0.2) is 0 Å². The molecule has 1 aromatic carbocycles. The van der Waals surface area contributed by atoms with Gasteiger partial charge < -0.3 is 10.5 Å². The highest BCUT2D eigenvalue weighted by Crippen LogP contribution is 2.30. The van der Waals surface area contributed by atoms with Gasteiger partial charge in [0.15, 0.2) is 6.61 Å². The zero-order valence-corrected chi connectivity index (χ0v) is 12.4. The van der Waals surface area contributed by atoms with Crippen LogP contribution in [-0.4, -0.2) is 18.8 Å². The van der Waals surface area contributed by atoms with E-state index in [2.05, 4.69) is 15.9 Å². The van der Waals surface area contributed by atoms with Gasteiger partial charge in [0.1, 0.15) is 5.75 Å². The van der Waals surface area contributed by atoms with Gasteiger partial charge in [0.2, 0.25) is 0 Å². The van der Waals surface area contributed by atoms with E-state index in [1.54, 1.807) is 19.1 Å². The molecule has 1 aromatic rings. The highest BCUT2D eigenvalue weighted by Gasteiger charge is 2.29. The Morgan fingerprint density at radius 3 is 2.53 bits per heavy atom. The van der Waals surface area contributed by atoms with Crippen molar-refractivity contribution in [2.75, 3.05) is 6.61 Å². The van der Waals surface area contributed by atoms with Crippen LogP contribution in [0.2, 0.25) is 0 Å². The second kappa shape index (κ2) is 6.61. The summed E-state index contributed by atoms with van der Waals surface area (Å²) >= 11 is 3.33. The van der Waals surface area contributed by atoms with Crippen LogP contribution in [0.25, 0.3) is 0 Å². The third-order valence-electron chi connectivity index (χ3n) is 2.70. The maximum Gasteiger partial charge on any atom is 0.422 e. The van der Waals surface area contributed by atoms with Crippen molar-refractivity contribution in [1.82, 2.24) is 0 Å². The van der Waals surface area contributed by atoms with Crippen LogP contribution >= 0.6 is 15.9 Å². The lowest BCUT2D eigenvalue weighted by atomic mass is 10.0. The van der Waals surface area contributed by atoms with Crippen molar-refractivity contribution in [2.24, 2.45) is 5.73 Å². The van der Waals surface area contributed by atoms with Crippen molar-refractivity contribution in [1.29, 1.82) is 0 Å². The highest BCUT2D eigenvalue weighted by molar-refractivity contribution is 9.10. The smallest absolute Gasteiger partial charge is 0.422 e. The summed E-state index contributed by atoms with van der Waals surface area (Å²) < 4.78 is 42.5. The van der Waals surface area contributed by atoms with Gasteiger partial charge in [-0.05, 0) is 43.0 Å². The first-order valence-corrected chi connectivity index (χ1v) is 6.76. The Balaban J connectivity index is 2.99. The highest BCUT2D eigenvalue weighted by atomic mass is 79.9. The Morgan fingerprint density at radius 1 is 1.37 bits per heavy atom. The van der Waals surface area contributed by atoms with Crippen LogP contribution in [0, 0.1) is 6.92 Å². The predicted octanol–water partition coefficient (Wildman–Crippen LogP) is 3.98. The molecule has 0 aliphatic rings. The Bertz CT molecular complexity index is 435. The molecule has 0 saturated carbocycles. The molecule has 0 radical (unpaired) electrons. The molecule has 1 atom stereocenters. The molecule has 19 heavy (non-hydrogen) atoms. The third-order valence-corrected chi connectivity index (χ3v) is 3.16. The standard InChI is InChI=1S/C13H17BrF3NO/c1-3-11(18)6-9-5-10(14)4-8(2)12(9)19-7-13(15,16)17/h4-5,11H,3,6-7,18H2,1-2H3. The van der Waals surface area contributed by atoms with E-state index in [0.717, 1.165) is 10.9 Å². The van der Waals surface area contributed by atoms with E-state index < -0.39 is 12.8 Å². The van der Waals surface area contributed by atoms with Crippen LogP contribution in [0.5, 0.6) is 5.75 Å². The first kappa shape index (κ1) is 16.3. The molecule has 0 fully saturated rings. The summed E-state index contributed by atoms with van der Waals surface area (Å²) in [7, 11) is 0. The number of nitrogens with two attached hydrogens (primary N) is 1. The Labute approximate surface area is 119 Å². The van der Waals surface area contributed by atoms with E-state index in [1.807, 2.05) is 6.92 Å². The summed E-state index contributed by atoms with van der Waals surface area (Å²) in [5.41, 5.74) is 7.23. The third kappa shape index (κ3) is 5.40. The molecule has 1 unspecified atom stereocenters. The van der Waals surface area contributed by atoms with Gasteiger partial charge in [-0.1, -0.05) is 22.9 Å². The fourth-order valence-electron chi connectivity index (χ4n) is 1.74. The molecule has 0 aliphatic carbocycles. The van der Waals surface area contributed by atoms with Crippen LogP contribution < -0.4 is 10.5 Å². The zero-order valence-electron chi connectivity index (χ0n) is 10.9. The average molecular weight is 340 g/mol. The molecular weight excluding hydrogens is 323 g/mol. The van der Waals surface area contributed by atoms with Gasteiger partial charge >= 0.3 is 6.18 Å². The van der Waals surface area contributed by atoms with E-state index in [9.17, 15) is 13.2 Å². The SMILES string of the molecule is CCC(N)Cc1cc(Br)cc(C)c1OCC(F)(F)F. The van der Waals surface area contributed by atoms with Gasteiger partial charge in [-0.3, -0.25) is 0 Å². The lowest BCUT2D eigenvalue weighted by molar-refractivity contribution is -0.153. The Hall–Kier alpha value is -0.750. The van der Waals surface area contributed by atoms with Gasteiger partial charge in [-0.2, -0.15) is 13.2 Å². The molecule has 0 aromatic heterocycles. The van der Waals surface area contributed by atoms with Crippen LogP contribution in [0.15, 0.2) is 16.6 Å². The Morgan fingerprint density at radius 2 is 2.00 bits per heavy atom. The molecule has 1 rings (SSSR count). The molecule has 0 spiro atoms. The number of benzene rings is 1. The summed E-state index contributed by atoms with van der Waals surface area (Å²) in [6.45, 7) is 2.37. The van der Waals surface area contributed by atoms with Gasteiger partial charge in [-0.15, -0.1) is 0 Å². The average Bonchev–Trinajstić information content (AvgIpc) is 2.25. The van der Waals surface area contributed by atoms with Crippen LogP contribution in [-0.2, 0) is 6.42 Å². The first-order chi connectivity index (χ1) is 8.73. The summed E-state index contributed by atoms with van der Waals surface area (Å²) in [6, 6.07) is 3.39. The maximum atomic E-state index is 12.3. The quantitative estimate of drug-likeness (QED) is 0.880. The second-order valence-electron chi connectivity index (χ2n) is 4.49. The minimum absolute atomic E-state index is 0.0954. The van der Waals surface area contributed by atoms with Crippen LogP contribution in [0.1, 0.15) is 24.5 Å². The van der Waals surface area contributed by atoms with E-state index in [4.69, 9.17) is 10.5 Å². The lowest BCUT2D eigenvalue weighted by Gasteiger charge is -2.18. The molecule has 0 saturated heterocycles. The number of alkyl halides is 3. The van der Waals surface area contributed by atoms with Crippen molar-refractivity contribution in [2.45, 2.75) is 38.9 Å². The number of aryl methyl sites for hydroxylation is 1. The number of hydrogen-bond acceptors (Lipinski definition) is 2. The van der Waals surface area contributed by atoms with Gasteiger partial charge in [0.25, 0.3) is 0 Å². The van der Waals surface area contributed by atoms with Crippen molar-refractivity contribution >= 4 is 15.9 Å². The number of halogens is 4. The molecule has 0 bridgehead atoms. The van der Waals surface area contributed by atoms with Gasteiger partial charge in [0.05, 0.1) is 0 Å². The summed E-state index contributed by atoms with van der Waals surface area (Å²) in [6.07, 6.45) is -3.10. The van der Waals surface area contributed by atoms with Gasteiger partial charge in [0, 0.05) is 10.5 Å². The largest absolute Gasteiger partial charge is 0.484 e. The number of hydrogen-bond donors (Lipinski definition) is 1. The topological polar surface area (TPSA) is 35.2 Å². The molecule has 6 heteroatoms. The van der Waals surface area contributed by atoms with Crippen LogP contribution in [0.4, 0.5) is 13.2 Å². The fourth-order valence-corrected chi connectivity index (χ4v) is 2.36. The summed E-state index contributed by atoms with van der Waals surface area (Å²) in [5, 5.41) is 0. The molecule has 2 N–H and O–H groups in total. The molecule has 2 nitrogen and oxygen atoms in total. The normalized spacial score (nSPS) is 13.4. The molecule has 0 heterocycles. The Kier molecular flexibility index (Phi) is 5.67. The molecule has 0 aliphatic heterocycles. The molecular formula is C13H17BrF3NO. The van der Waals surface area contributed by atoms with Crippen molar-refractivity contribution < 1.29 is 17.9 Å².